The summed E-state index contributed by atoms with van der Waals surface area (Å²) in [5.41, 5.74) is 0. The third-order valence-corrected chi connectivity index (χ3v) is 19.1. The van der Waals surface area contributed by atoms with Crippen molar-refractivity contribution >= 4 is 39.5 Å². The minimum absolute atomic E-state index is 0.102. The molecule has 0 amide bonds. The number of hydrogen-bond donors (Lipinski definition) is 3. The molecule has 92 heavy (non-hydrogen) atoms. The van der Waals surface area contributed by atoms with Gasteiger partial charge in [-0.25, -0.2) is 9.13 Å². The monoisotopic (exact) mass is 1350 g/mol. The molecule has 0 bridgehead atoms. The van der Waals surface area contributed by atoms with E-state index in [-0.39, 0.29) is 25.7 Å². The molecule has 0 spiro atoms. The van der Waals surface area contributed by atoms with E-state index < -0.39 is 97.5 Å². The highest BCUT2D eigenvalue weighted by Gasteiger charge is 2.30. The van der Waals surface area contributed by atoms with Gasteiger partial charge in [0.15, 0.2) is 12.2 Å². The quantitative estimate of drug-likeness (QED) is 0.0222. The van der Waals surface area contributed by atoms with Crippen LogP contribution < -0.4 is 0 Å². The minimum Gasteiger partial charge on any atom is -0.462 e. The third-order valence-electron chi connectivity index (χ3n) is 17.2. The van der Waals surface area contributed by atoms with Crippen molar-refractivity contribution in [1.82, 2.24) is 0 Å². The molecular weight excluding hydrogens is 1210 g/mol. The number of phosphoric ester groups is 2. The molecular formula is C73H142O17P2. The first-order chi connectivity index (χ1) is 44.1. The number of ether oxygens (including phenoxy) is 4. The second-order valence-corrected chi connectivity index (χ2v) is 30.9. The van der Waals surface area contributed by atoms with Crippen molar-refractivity contribution in [2.24, 2.45) is 23.7 Å². The van der Waals surface area contributed by atoms with E-state index in [2.05, 4.69) is 55.4 Å². The van der Waals surface area contributed by atoms with E-state index in [0.29, 0.717) is 31.6 Å². The summed E-state index contributed by atoms with van der Waals surface area (Å²) >= 11 is 0. The number of carbonyl (C=O) groups is 4. The molecule has 4 unspecified atom stereocenters. The fourth-order valence-corrected chi connectivity index (χ4v) is 12.6. The Bertz CT molecular complexity index is 1820. The maximum atomic E-state index is 13.1. The van der Waals surface area contributed by atoms with Gasteiger partial charge in [-0.1, -0.05) is 312 Å². The van der Waals surface area contributed by atoms with Crippen molar-refractivity contribution in [3.05, 3.63) is 0 Å². The fourth-order valence-electron chi connectivity index (χ4n) is 11.0. The molecule has 0 heterocycles. The van der Waals surface area contributed by atoms with Crippen molar-refractivity contribution in [1.29, 1.82) is 0 Å². The highest BCUT2D eigenvalue weighted by Crippen LogP contribution is 2.45. The Labute approximate surface area is 562 Å². The van der Waals surface area contributed by atoms with Gasteiger partial charge in [0.05, 0.1) is 26.4 Å². The first-order valence-electron chi connectivity index (χ1n) is 37.7. The molecule has 0 radical (unpaired) electrons. The summed E-state index contributed by atoms with van der Waals surface area (Å²) in [6, 6.07) is 0. The number of hydrogen-bond acceptors (Lipinski definition) is 15. The van der Waals surface area contributed by atoms with Crippen molar-refractivity contribution in [3.63, 3.8) is 0 Å². The maximum absolute atomic E-state index is 13.1. The number of aliphatic hydroxyl groups excluding tert-OH is 1. The van der Waals surface area contributed by atoms with Gasteiger partial charge in [-0.05, 0) is 49.4 Å². The number of aliphatic hydroxyl groups is 1. The van der Waals surface area contributed by atoms with Crippen LogP contribution in [0.1, 0.15) is 364 Å². The average Bonchev–Trinajstić information content (AvgIpc) is 1.99. The first kappa shape index (κ1) is 90.1. The van der Waals surface area contributed by atoms with Gasteiger partial charge in [0.2, 0.25) is 0 Å². The number of unbranched alkanes of at least 4 members (excludes halogenated alkanes) is 35. The van der Waals surface area contributed by atoms with Gasteiger partial charge in [0.25, 0.3) is 0 Å². The summed E-state index contributed by atoms with van der Waals surface area (Å²) in [6.07, 6.45) is 45.9. The molecule has 0 aliphatic rings. The third kappa shape index (κ3) is 65.4. The molecule has 0 fully saturated rings. The van der Waals surface area contributed by atoms with Crippen molar-refractivity contribution in [2.75, 3.05) is 39.6 Å². The molecule has 0 rings (SSSR count). The Balaban J connectivity index is 5.25. The van der Waals surface area contributed by atoms with E-state index >= 15 is 0 Å². The summed E-state index contributed by atoms with van der Waals surface area (Å²) in [5, 5.41) is 10.6. The number of rotatable bonds is 70. The van der Waals surface area contributed by atoms with Crippen LogP contribution in [0.2, 0.25) is 0 Å². The summed E-state index contributed by atoms with van der Waals surface area (Å²) in [7, 11) is -9.91. The van der Waals surface area contributed by atoms with Crippen LogP contribution in [0.25, 0.3) is 0 Å². The number of carbonyl (C=O) groups excluding carboxylic acids is 4. The van der Waals surface area contributed by atoms with Gasteiger partial charge in [-0.15, -0.1) is 0 Å². The predicted octanol–water partition coefficient (Wildman–Crippen LogP) is 20.9. The molecule has 0 saturated heterocycles. The van der Waals surface area contributed by atoms with Gasteiger partial charge in [0.1, 0.15) is 19.3 Å². The lowest BCUT2D eigenvalue weighted by Crippen LogP contribution is -2.30. The van der Waals surface area contributed by atoms with Gasteiger partial charge < -0.3 is 33.8 Å². The van der Waals surface area contributed by atoms with Crippen LogP contribution >= 0.6 is 15.6 Å². The molecule has 0 saturated carbocycles. The Morgan fingerprint density at radius 2 is 0.522 bits per heavy atom. The molecule has 0 aromatic heterocycles. The average molecular weight is 1350 g/mol. The standard InChI is InChI=1S/C73H142O17P2/c1-9-66(8)52-44-36-28-19-16-17-20-29-37-45-53-70(75)83-59-68(89-72(77)55-47-39-31-21-15-13-11-10-12-14-18-25-33-41-49-63(2)3)61-87-91(79,80)85-57-67(74)58-86-92(81,82)88-62-69(90-73(78)56-48-40-32-24-27-35-43-51-65(6)7)60-84-71(76)54-46-38-30-23-22-26-34-42-50-64(4)5/h63-69,74H,9-62H2,1-8H3,(H,79,80)(H,81,82)/t66?,67?,68-,69-/m1/s1. The van der Waals surface area contributed by atoms with Crippen molar-refractivity contribution in [2.45, 2.75) is 382 Å². The SMILES string of the molecule is CCC(C)CCCCCCCCCCCCC(=O)OC[C@H](COP(=O)(O)OCC(O)COP(=O)(O)OC[C@@H](COC(=O)CCCCCCCCCCC(C)C)OC(=O)CCCCCCCCCC(C)C)OC(=O)CCCCCCCCCCCCCCCCC(C)C. The topological polar surface area (TPSA) is 237 Å². The Kier molecular flexibility index (Phi) is 61.3. The highest BCUT2D eigenvalue weighted by molar-refractivity contribution is 7.47. The summed E-state index contributed by atoms with van der Waals surface area (Å²) in [5.74, 6) is 0.900. The van der Waals surface area contributed by atoms with Crippen LogP contribution in [0.4, 0.5) is 0 Å². The van der Waals surface area contributed by atoms with Crippen LogP contribution in [-0.2, 0) is 65.4 Å². The normalized spacial score (nSPS) is 14.5. The van der Waals surface area contributed by atoms with Gasteiger partial charge >= 0.3 is 39.5 Å². The number of phosphoric acid groups is 2. The largest absolute Gasteiger partial charge is 0.472 e. The van der Waals surface area contributed by atoms with Crippen LogP contribution in [0.15, 0.2) is 0 Å². The van der Waals surface area contributed by atoms with E-state index in [1.807, 2.05) is 0 Å². The van der Waals surface area contributed by atoms with Crippen LogP contribution in [-0.4, -0.2) is 96.7 Å². The van der Waals surface area contributed by atoms with Crippen molar-refractivity contribution < 1.29 is 80.2 Å². The molecule has 6 atom stereocenters. The van der Waals surface area contributed by atoms with E-state index in [9.17, 15) is 43.2 Å². The Morgan fingerprint density at radius 1 is 0.304 bits per heavy atom. The van der Waals surface area contributed by atoms with Gasteiger partial charge in [-0.2, -0.15) is 0 Å². The Hall–Kier alpha value is -1.94. The first-order valence-corrected chi connectivity index (χ1v) is 40.7. The molecule has 546 valence electrons. The smallest absolute Gasteiger partial charge is 0.462 e. The predicted molar refractivity (Wildman–Crippen MR) is 372 cm³/mol. The summed E-state index contributed by atoms with van der Waals surface area (Å²) in [4.78, 5) is 72.7. The molecule has 3 N–H and O–H groups in total. The molecule has 19 heteroatoms. The molecule has 17 nitrogen and oxygen atoms in total. The van der Waals surface area contributed by atoms with E-state index in [0.717, 1.165) is 108 Å². The summed E-state index contributed by atoms with van der Waals surface area (Å²) in [6.45, 7) is 14.1. The lowest BCUT2D eigenvalue weighted by molar-refractivity contribution is -0.161. The van der Waals surface area contributed by atoms with Gasteiger partial charge in [-0.3, -0.25) is 37.3 Å². The van der Waals surface area contributed by atoms with E-state index in [1.165, 1.54) is 167 Å². The van der Waals surface area contributed by atoms with E-state index in [4.69, 9.17) is 37.0 Å². The van der Waals surface area contributed by atoms with Crippen LogP contribution in [0.3, 0.4) is 0 Å². The lowest BCUT2D eigenvalue weighted by atomic mass is 9.99. The zero-order valence-corrected chi connectivity index (χ0v) is 62.0. The molecule has 0 aliphatic carbocycles. The fraction of sp³-hybridized carbons (Fsp3) is 0.945. The minimum atomic E-state index is -4.96. The zero-order chi connectivity index (χ0) is 68.2. The highest BCUT2D eigenvalue weighted by atomic mass is 31.2. The Morgan fingerprint density at radius 3 is 0.772 bits per heavy atom. The van der Waals surface area contributed by atoms with Crippen molar-refractivity contribution in [3.8, 4) is 0 Å². The second kappa shape index (κ2) is 62.6. The molecule has 0 aliphatic heterocycles. The maximum Gasteiger partial charge on any atom is 0.472 e. The second-order valence-electron chi connectivity index (χ2n) is 28.0. The van der Waals surface area contributed by atoms with Gasteiger partial charge in [0, 0.05) is 25.7 Å². The summed E-state index contributed by atoms with van der Waals surface area (Å²) < 4.78 is 68.4. The van der Waals surface area contributed by atoms with Crippen LogP contribution in [0, 0.1) is 23.7 Å². The zero-order valence-electron chi connectivity index (χ0n) is 60.2. The number of esters is 4. The molecule has 0 aromatic carbocycles. The van der Waals surface area contributed by atoms with Crippen LogP contribution in [0.5, 0.6) is 0 Å². The van der Waals surface area contributed by atoms with E-state index in [1.54, 1.807) is 0 Å². The molecule has 0 aromatic rings. The lowest BCUT2D eigenvalue weighted by Gasteiger charge is -2.21.